The van der Waals surface area contributed by atoms with Gasteiger partial charge >= 0.3 is 0 Å². The topological polar surface area (TPSA) is 49.0 Å². The van der Waals surface area contributed by atoms with Crippen LogP contribution < -0.4 is 5.36 Å². The zero-order valence-corrected chi connectivity index (χ0v) is 8.93. The van der Waals surface area contributed by atoms with E-state index in [1.165, 1.54) is 11.8 Å². The number of rotatable bonds is 3. The van der Waals surface area contributed by atoms with Gasteiger partial charge in [0.1, 0.15) is 0 Å². The van der Waals surface area contributed by atoms with Crippen LogP contribution in [0.2, 0.25) is 0 Å². The lowest BCUT2D eigenvalue weighted by molar-refractivity contribution is 0.183. The molecule has 0 aliphatic heterocycles. The third kappa shape index (κ3) is 2.51. The molecule has 2 aromatic rings. The van der Waals surface area contributed by atoms with E-state index >= 15 is 0 Å². The van der Waals surface area contributed by atoms with Crippen LogP contribution in [0.4, 0.5) is 0 Å². The van der Waals surface area contributed by atoms with Crippen molar-refractivity contribution in [3.05, 3.63) is 65.3 Å². The van der Waals surface area contributed by atoms with Gasteiger partial charge in [0.2, 0.25) is 0 Å². The Bertz CT molecular complexity index is 517. The average molecular weight is 214 g/mol. The van der Waals surface area contributed by atoms with Gasteiger partial charge in [-0.1, -0.05) is 30.3 Å². The van der Waals surface area contributed by atoms with Crippen LogP contribution in [0.25, 0.3) is 0 Å². The highest BCUT2D eigenvalue weighted by Crippen LogP contribution is 2.03. The molecule has 1 aromatic heterocycles. The zero-order valence-electron chi connectivity index (χ0n) is 8.93. The van der Waals surface area contributed by atoms with Crippen molar-refractivity contribution >= 4 is 0 Å². The number of benzene rings is 1. The lowest BCUT2D eigenvalue weighted by atomic mass is 10.1. The van der Waals surface area contributed by atoms with Crippen molar-refractivity contribution in [3.63, 3.8) is 0 Å². The van der Waals surface area contributed by atoms with Crippen LogP contribution in [0.3, 0.4) is 0 Å². The van der Waals surface area contributed by atoms with E-state index in [0.717, 1.165) is 23.1 Å². The minimum atomic E-state index is 0.473. The highest BCUT2D eigenvalue weighted by Gasteiger charge is 1.98. The van der Waals surface area contributed by atoms with Gasteiger partial charge in [0, 0.05) is 12.4 Å². The molecule has 1 aromatic carbocycles. The van der Waals surface area contributed by atoms with Gasteiger partial charge in [-0.25, -0.2) is 4.73 Å². The summed E-state index contributed by atoms with van der Waals surface area (Å²) in [7, 11) is 0. The molecule has 2 N–H and O–H groups in total. The van der Waals surface area contributed by atoms with Crippen molar-refractivity contribution in [3.8, 4) is 0 Å². The minimum Gasteiger partial charge on any atom is -0.429 e. The fourth-order valence-corrected chi connectivity index (χ4v) is 1.65. The van der Waals surface area contributed by atoms with E-state index in [1.54, 1.807) is 12.3 Å². The molecule has 0 atom stereocenters. The third-order valence-corrected chi connectivity index (χ3v) is 2.55. The fraction of sp³-hybridized carbons (Fsp3) is 0.154. The van der Waals surface area contributed by atoms with Gasteiger partial charge in [-0.15, -0.1) is 0 Å². The summed E-state index contributed by atoms with van der Waals surface area (Å²) in [4.78, 5) is 0. The first-order chi connectivity index (χ1) is 7.75. The molecule has 0 unspecified atom stereocenters. The Balaban J connectivity index is 2.11. The van der Waals surface area contributed by atoms with Crippen molar-refractivity contribution in [2.45, 2.75) is 12.8 Å². The molecule has 3 nitrogen and oxygen atoms in total. The number of hydrogen-bond acceptors (Lipinski definition) is 2. The van der Waals surface area contributed by atoms with E-state index in [9.17, 15) is 5.21 Å². The van der Waals surface area contributed by atoms with E-state index in [1.807, 2.05) is 18.2 Å². The molecule has 0 amide bonds. The van der Waals surface area contributed by atoms with Gasteiger partial charge < -0.3 is 10.6 Å². The summed E-state index contributed by atoms with van der Waals surface area (Å²) in [5.74, 6) is 0. The molecule has 0 saturated carbocycles. The first-order valence-electron chi connectivity index (χ1n) is 5.24. The van der Waals surface area contributed by atoms with Crippen LogP contribution in [0.5, 0.6) is 0 Å². The highest BCUT2D eigenvalue weighted by molar-refractivity contribution is 5.17. The van der Waals surface area contributed by atoms with Gasteiger partial charge in [0.15, 0.2) is 0 Å². The number of aromatic nitrogens is 1. The number of hydrogen-bond donors (Lipinski definition) is 2. The van der Waals surface area contributed by atoms with E-state index in [4.69, 9.17) is 5.41 Å². The van der Waals surface area contributed by atoms with Gasteiger partial charge in [-0.3, -0.25) is 0 Å². The van der Waals surface area contributed by atoms with Crippen LogP contribution in [-0.4, -0.2) is 9.94 Å². The molecular formula is C13H14N2O. The molecule has 0 aliphatic carbocycles. The summed E-state index contributed by atoms with van der Waals surface area (Å²) in [6.07, 6.45) is 4.71. The number of pyridine rings is 1. The Hall–Kier alpha value is -2.03. The van der Waals surface area contributed by atoms with Gasteiger partial charge in [0.25, 0.3) is 0 Å². The highest BCUT2D eigenvalue weighted by atomic mass is 16.5. The maximum Gasteiger partial charge on any atom is 0.0603 e. The van der Waals surface area contributed by atoms with Gasteiger partial charge in [0.05, 0.1) is 5.36 Å². The largest absolute Gasteiger partial charge is 0.429 e. The van der Waals surface area contributed by atoms with Crippen LogP contribution in [-0.2, 0) is 12.8 Å². The smallest absolute Gasteiger partial charge is 0.0603 e. The van der Waals surface area contributed by atoms with Crippen molar-refractivity contribution in [1.82, 2.24) is 4.73 Å². The lowest BCUT2D eigenvalue weighted by Gasteiger charge is -2.04. The molecule has 0 saturated heterocycles. The Morgan fingerprint density at radius 2 is 1.81 bits per heavy atom. The van der Waals surface area contributed by atoms with Crippen molar-refractivity contribution in [1.29, 1.82) is 5.41 Å². The lowest BCUT2D eigenvalue weighted by Crippen LogP contribution is -2.11. The van der Waals surface area contributed by atoms with Crippen LogP contribution in [0.15, 0.2) is 48.8 Å². The number of nitrogens with one attached hydrogen (secondary N) is 1. The van der Waals surface area contributed by atoms with Crippen molar-refractivity contribution in [2.75, 3.05) is 0 Å². The Morgan fingerprint density at radius 3 is 2.56 bits per heavy atom. The molecule has 3 heteroatoms. The predicted molar refractivity (Wildman–Crippen MR) is 61.3 cm³/mol. The maximum atomic E-state index is 9.27. The SMILES string of the molecule is N=c1ccn(O)cc1CCc1ccccc1. The van der Waals surface area contributed by atoms with E-state index in [0.29, 0.717) is 5.36 Å². The Labute approximate surface area is 94.1 Å². The fourth-order valence-electron chi connectivity index (χ4n) is 1.65. The Kier molecular flexibility index (Phi) is 3.05. The van der Waals surface area contributed by atoms with E-state index in [2.05, 4.69) is 12.1 Å². The molecule has 82 valence electrons. The molecule has 1 heterocycles. The number of nitrogens with zero attached hydrogens (tertiary/aromatic N) is 1. The zero-order chi connectivity index (χ0) is 11.4. The third-order valence-electron chi connectivity index (χ3n) is 2.55. The molecule has 2 rings (SSSR count). The summed E-state index contributed by atoms with van der Waals surface area (Å²) >= 11 is 0. The quantitative estimate of drug-likeness (QED) is 0.754. The summed E-state index contributed by atoms with van der Waals surface area (Å²) in [6, 6.07) is 11.7. The second-order valence-electron chi connectivity index (χ2n) is 3.75. The molecule has 0 bridgehead atoms. The number of aryl methyl sites for hydroxylation is 2. The molecule has 0 aliphatic rings. The van der Waals surface area contributed by atoms with E-state index < -0.39 is 0 Å². The molecule has 0 fully saturated rings. The van der Waals surface area contributed by atoms with Crippen LogP contribution >= 0.6 is 0 Å². The molecular weight excluding hydrogens is 200 g/mol. The summed E-state index contributed by atoms with van der Waals surface area (Å²) in [5.41, 5.74) is 2.10. The normalized spacial score (nSPS) is 10.2. The molecule has 16 heavy (non-hydrogen) atoms. The van der Waals surface area contributed by atoms with Gasteiger partial charge in [-0.2, -0.15) is 0 Å². The van der Waals surface area contributed by atoms with Gasteiger partial charge in [-0.05, 0) is 30.0 Å². The standard InChI is InChI=1S/C13H14N2O/c14-13-8-9-15(16)10-12(13)7-6-11-4-2-1-3-5-11/h1-5,8-10,14,16H,6-7H2. The maximum absolute atomic E-state index is 9.27. The summed E-state index contributed by atoms with van der Waals surface area (Å²) in [6.45, 7) is 0. The predicted octanol–water partition coefficient (Wildman–Crippen LogP) is 1.99. The van der Waals surface area contributed by atoms with Crippen LogP contribution in [0.1, 0.15) is 11.1 Å². The second kappa shape index (κ2) is 4.66. The van der Waals surface area contributed by atoms with E-state index in [-0.39, 0.29) is 0 Å². The minimum absolute atomic E-state index is 0.473. The molecule has 0 spiro atoms. The first kappa shape index (κ1) is 10.5. The summed E-state index contributed by atoms with van der Waals surface area (Å²) < 4.78 is 0.998. The van der Waals surface area contributed by atoms with Crippen LogP contribution in [0, 0.1) is 5.41 Å². The monoisotopic (exact) mass is 214 g/mol. The average Bonchev–Trinajstić information content (AvgIpc) is 2.32. The Morgan fingerprint density at radius 1 is 1.06 bits per heavy atom. The first-order valence-corrected chi connectivity index (χ1v) is 5.24. The second-order valence-corrected chi connectivity index (χ2v) is 3.75. The van der Waals surface area contributed by atoms with Crippen molar-refractivity contribution < 1.29 is 5.21 Å². The molecule has 0 radical (unpaired) electrons. The summed E-state index contributed by atoms with van der Waals surface area (Å²) in [5, 5.41) is 17.5. The van der Waals surface area contributed by atoms with Crippen molar-refractivity contribution in [2.24, 2.45) is 0 Å².